The standard InChI is InChI=1S/C13H18BrN5O/c1-9(2)19-6-11(14)4-12(19)13(20)17-10(3)5-18-8-15-7-16-18/h4,6-10H,5H2,1-3H3,(H,17,20)/t10-/m1/s1. The van der Waals surface area contributed by atoms with Crippen LogP contribution < -0.4 is 5.32 Å². The molecule has 0 saturated heterocycles. The summed E-state index contributed by atoms with van der Waals surface area (Å²) in [5.41, 5.74) is 0.650. The van der Waals surface area contributed by atoms with E-state index in [1.54, 1.807) is 11.0 Å². The van der Waals surface area contributed by atoms with Gasteiger partial charge in [0.05, 0.1) is 6.54 Å². The maximum Gasteiger partial charge on any atom is 0.268 e. The van der Waals surface area contributed by atoms with Gasteiger partial charge in [-0.25, -0.2) is 4.98 Å². The largest absolute Gasteiger partial charge is 0.346 e. The summed E-state index contributed by atoms with van der Waals surface area (Å²) >= 11 is 3.41. The highest BCUT2D eigenvalue weighted by atomic mass is 79.9. The molecule has 0 radical (unpaired) electrons. The van der Waals surface area contributed by atoms with Gasteiger partial charge in [-0.05, 0) is 42.8 Å². The molecule has 1 N–H and O–H groups in total. The summed E-state index contributed by atoms with van der Waals surface area (Å²) in [5.74, 6) is -0.0861. The second-order valence-electron chi connectivity index (χ2n) is 5.04. The molecule has 1 amide bonds. The molecule has 2 rings (SSSR count). The molecule has 7 heteroatoms. The zero-order valence-electron chi connectivity index (χ0n) is 11.7. The Labute approximate surface area is 126 Å². The molecule has 0 saturated carbocycles. The summed E-state index contributed by atoms with van der Waals surface area (Å²) < 4.78 is 4.55. The minimum atomic E-state index is -0.0861. The Hall–Kier alpha value is -1.63. The predicted octanol–water partition coefficient (Wildman–Crippen LogP) is 2.24. The van der Waals surface area contributed by atoms with Gasteiger partial charge in [-0.2, -0.15) is 5.10 Å². The molecule has 0 aliphatic carbocycles. The second kappa shape index (κ2) is 6.21. The van der Waals surface area contributed by atoms with Crippen molar-refractivity contribution < 1.29 is 4.79 Å². The molecule has 2 aromatic rings. The molecule has 0 aliphatic heterocycles. The van der Waals surface area contributed by atoms with Crippen molar-refractivity contribution in [2.75, 3.05) is 0 Å². The van der Waals surface area contributed by atoms with E-state index in [0.29, 0.717) is 12.2 Å². The maximum absolute atomic E-state index is 12.3. The smallest absolute Gasteiger partial charge is 0.268 e. The lowest BCUT2D eigenvalue weighted by Crippen LogP contribution is -2.37. The van der Waals surface area contributed by atoms with Crippen LogP contribution in [0.2, 0.25) is 0 Å². The van der Waals surface area contributed by atoms with E-state index in [9.17, 15) is 4.79 Å². The Morgan fingerprint density at radius 1 is 1.45 bits per heavy atom. The zero-order chi connectivity index (χ0) is 14.7. The van der Waals surface area contributed by atoms with Gasteiger partial charge in [-0.3, -0.25) is 9.48 Å². The van der Waals surface area contributed by atoms with Crippen molar-refractivity contribution in [2.24, 2.45) is 0 Å². The first-order chi connectivity index (χ1) is 9.47. The van der Waals surface area contributed by atoms with Crippen LogP contribution in [0.4, 0.5) is 0 Å². The predicted molar refractivity (Wildman–Crippen MR) is 79.5 cm³/mol. The Morgan fingerprint density at radius 2 is 2.20 bits per heavy atom. The van der Waals surface area contributed by atoms with Gasteiger partial charge in [0.25, 0.3) is 5.91 Å². The number of hydrogen-bond acceptors (Lipinski definition) is 3. The minimum absolute atomic E-state index is 0.0292. The van der Waals surface area contributed by atoms with E-state index in [4.69, 9.17) is 0 Å². The molecule has 0 aliphatic rings. The zero-order valence-corrected chi connectivity index (χ0v) is 13.3. The highest BCUT2D eigenvalue weighted by Crippen LogP contribution is 2.19. The van der Waals surface area contributed by atoms with Crippen LogP contribution in [0.3, 0.4) is 0 Å². The molecule has 1 atom stereocenters. The quantitative estimate of drug-likeness (QED) is 0.908. The van der Waals surface area contributed by atoms with Gasteiger partial charge < -0.3 is 9.88 Å². The fourth-order valence-electron chi connectivity index (χ4n) is 2.01. The lowest BCUT2D eigenvalue weighted by Gasteiger charge is -2.16. The van der Waals surface area contributed by atoms with Gasteiger partial charge >= 0.3 is 0 Å². The van der Waals surface area contributed by atoms with Crippen LogP contribution in [0.5, 0.6) is 0 Å². The highest BCUT2D eigenvalue weighted by molar-refractivity contribution is 9.10. The third-order valence-corrected chi connectivity index (χ3v) is 3.34. The first-order valence-corrected chi connectivity index (χ1v) is 7.27. The molecule has 0 bridgehead atoms. The summed E-state index contributed by atoms with van der Waals surface area (Å²) in [6.07, 6.45) is 5.04. The van der Waals surface area contributed by atoms with Crippen molar-refractivity contribution in [2.45, 2.75) is 39.4 Å². The fraction of sp³-hybridized carbons (Fsp3) is 0.462. The molecule has 0 unspecified atom stereocenters. The van der Waals surface area contributed by atoms with Crippen molar-refractivity contribution in [1.82, 2.24) is 24.6 Å². The van der Waals surface area contributed by atoms with Gasteiger partial charge in [0.1, 0.15) is 18.3 Å². The Kier molecular flexibility index (Phi) is 4.59. The summed E-state index contributed by atoms with van der Waals surface area (Å²) in [4.78, 5) is 16.2. The van der Waals surface area contributed by atoms with Gasteiger partial charge in [-0.15, -0.1) is 0 Å². The van der Waals surface area contributed by atoms with Crippen LogP contribution in [-0.2, 0) is 6.54 Å². The average Bonchev–Trinajstić information content (AvgIpc) is 2.97. The van der Waals surface area contributed by atoms with Crippen LogP contribution in [-0.4, -0.2) is 31.3 Å². The van der Waals surface area contributed by atoms with Gasteiger partial charge in [0, 0.05) is 22.8 Å². The molecule has 108 valence electrons. The molecular weight excluding hydrogens is 322 g/mol. The lowest BCUT2D eigenvalue weighted by molar-refractivity contribution is 0.0925. The average molecular weight is 340 g/mol. The van der Waals surface area contributed by atoms with Crippen molar-refractivity contribution in [3.8, 4) is 0 Å². The minimum Gasteiger partial charge on any atom is -0.346 e. The molecule has 0 aromatic carbocycles. The number of nitrogens with zero attached hydrogens (tertiary/aromatic N) is 4. The molecule has 6 nitrogen and oxygen atoms in total. The molecule has 2 aromatic heterocycles. The topological polar surface area (TPSA) is 64.7 Å². The lowest BCUT2D eigenvalue weighted by atomic mass is 10.3. The van der Waals surface area contributed by atoms with E-state index in [1.807, 2.05) is 37.6 Å². The number of halogens is 1. The van der Waals surface area contributed by atoms with E-state index in [-0.39, 0.29) is 18.0 Å². The van der Waals surface area contributed by atoms with E-state index in [1.165, 1.54) is 6.33 Å². The third kappa shape index (κ3) is 3.47. The van der Waals surface area contributed by atoms with Crippen molar-refractivity contribution >= 4 is 21.8 Å². The summed E-state index contributed by atoms with van der Waals surface area (Å²) in [7, 11) is 0. The number of hydrogen-bond donors (Lipinski definition) is 1. The first-order valence-electron chi connectivity index (χ1n) is 6.48. The van der Waals surface area contributed by atoms with E-state index in [0.717, 1.165) is 4.47 Å². The van der Waals surface area contributed by atoms with Gasteiger partial charge in [0.15, 0.2) is 0 Å². The number of nitrogens with one attached hydrogen (secondary N) is 1. The number of carbonyl (C=O) groups excluding carboxylic acids is 1. The Morgan fingerprint density at radius 3 is 2.80 bits per heavy atom. The van der Waals surface area contributed by atoms with E-state index < -0.39 is 0 Å². The summed E-state index contributed by atoms with van der Waals surface area (Å²) in [6, 6.07) is 2.03. The maximum atomic E-state index is 12.3. The second-order valence-corrected chi connectivity index (χ2v) is 5.95. The van der Waals surface area contributed by atoms with Crippen LogP contribution in [0, 0.1) is 0 Å². The SMILES string of the molecule is CC(C)n1cc(Br)cc1C(=O)N[C@H](C)Cn1cncn1. The van der Waals surface area contributed by atoms with Crippen LogP contribution in [0.25, 0.3) is 0 Å². The van der Waals surface area contributed by atoms with Crippen LogP contribution in [0.15, 0.2) is 29.4 Å². The van der Waals surface area contributed by atoms with Gasteiger partial charge in [-0.1, -0.05) is 0 Å². The highest BCUT2D eigenvalue weighted by Gasteiger charge is 2.17. The third-order valence-electron chi connectivity index (χ3n) is 2.91. The molecule has 2 heterocycles. The summed E-state index contributed by atoms with van der Waals surface area (Å²) in [6.45, 7) is 6.62. The van der Waals surface area contributed by atoms with Crippen molar-refractivity contribution in [3.05, 3.63) is 35.1 Å². The number of aromatic nitrogens is 4. The van der Waals surface area contributed by atoms with Crippen molar-refractivity contribution in [3.63, 3.8) is 0 Å². The number of amides is 1. The molecule has 0 spiro atoms. The Bertz CT molecular complexity index is 576. The van der Waals surface area contributed by atoms with Crippen LogP contribution >= 0.6 is 15.9 Å². The number of carbonyl (C=O) groups is 1. The summed E-state index contributed by atoms with van der Waals surface area (Å²) in [5, 5.41) is 7.00. The van der Waals surface area contributed by atoms with Gasteiger partial charge in [0.2, 0.25) is 0 Å². The normalized spacial score (nSPS) is 12.7. The van der Waals surface area contributed by atoms with E-state index >= 15 is 0 Å². The monoisotopic (exact) mass is 339 g/mol. The first kappa shape index (κ1) is 14.8. The van der Waals surface area contributed by atoms with Crippen molar-refractivity contribution in [1.29, 1.82) is 0 Å². The van der Waals surface area contributed by atoms with E-state index in [2.05, 4.69) is 31.3 Å². The molecule has 0 fully saturated rings. The molecule has 20 heavy (non-hydrogen) atoms. The van der Waals surface area contributed by atoms with Crippen LogP contribution in [0.1, 0.15) is 37.3 Å². The molecular formula is C13H18BrN5O. The number of rotatable bonds is 5. The fourth-order valence-corrected chi connectivity index (χ4v) is 2.44. The Balaban J connectivity index is 2.04.